The van der Waals surface area contributed by atoms with E-state index >= 15 is 0 Å². The monoisotopic (exact) mass is 306 g/mol. The Morgan fingerprint density at radius 2 is 2.18 bits per heavy atom. The van der Waals surface area contributed by atoms with Crippen molar-refractivity contribution in [2.75, 3.05) is 20.2 Å². The van der Waals surface area contributed by atoms with E-state index in [-0.39, 0.29) is 24.8 Å². The molecule has 1 aromatic rings. The Morgan fingerprint density at radius 3 is 2.86 bits per heavy atom. The van der Waals surface area contributed by atoms with Gasteiger partial charge >= 0.3 is 6.09 Å². The molecule has 0 aromatic heterocycles. The van der Waals surface area contributed by atoms with Gasteiger partial charge in [0.1, 0.15) is 6.61 Å². The Labute approximate surface area is 132 Å². The van der Waals surface area contributed by atoms with Gasteiger partial charge in [-0.25, -0.2) is 4.79 Å². The summed E-state index contributed by atoms with van der Waals surface area (Å²) in [6.45, 7) is 1.14. The third-order valence-corrected chi connectivity index (χ3v) is 4.26. The summed E-state index contributed by atoms with van der Waals surface area (Å²) in [6.07, 6.45) is 3.45. The van der Waals surface area contributed by atoms with Crippen LogP contribution in [0.15, 0.2) is 30.3 Å². The van der Waals surface area contributed by atoms with Gasteiger partial charge < -0.3 is 20.1 Å². The molecule has 1 fully saturated rings. The molecule has 0 aliphatic carbocycles. The maximum atomic E-state index is 12.4. The van der Waals surface area contributed by atoms with Gasteiger partial charge in [0.05, 0.1) is 6.04 Å². The molecule has 0 bridgehead atoms. The first-order valence-electron chi connectivity index (χ1n) is 8.01. The quantitative estimate of drug-likeness (QED) is 0.845. The standard InChI is InChI=1S/C17H26N2O3/c1-18-15(10-12-20)16-9-5-6-11-19(16)17(21)22-13-14-7-3-2-4-8-14/h2-4,7-8,15-16,18,20H,5-6,9-13H2,1H3/t15-,16+/m1/s1. The van der Waals surface area contributed by atoms with Crippen molar-refractivity contribution in [1.29, 1.82) is 0 Å². The second-order valence-corrected chi connectivity index (χ2v) is 5.70. The number of hydrogen-bond donors (Lipinski definition) is 2. The molecule has 1 aliphatic rings. The number of aliphatic hydroxyl groups excluding tert-OH is 1. The van der Waals surface area contributed by atoms with Crippen LogP contribution in [0.4, 0.5) is 4.79 Å². The van der Waals surface area contributed by atoms with Crippen molar-refractivity contribution < 1.29 is 14.6 Å². The molecule has 2 rings (SSSR count). The summed E-state index contributed by atoms with van der Waals surface area (Å²) in [5, 5.41) is 12.4. The minimum absolute atomic E-state index is 0.0918. The van der Waals surface area contributed by atoms with E-state index in [0.29, 0.717) is 13.0 Å². The van der Waals surface area contributed by atoms with Crippen molar-refractivity contribution >= 4 is 6.09 Å². The van der Waals surface area contributed by atoms with E-state index in [2.05, 4.69) is 5.32 Å². The van der Waals surface area contributed by atoms with Crippen molar-refractivity contribution in [3.63, 3.8) is 0 Å². The smallest absolute Gasteiger partial charge is 0.410 e. The van der Waals surface area contributed by atoms with Gasteiger partial charge in [-0.3, -0.25) is 0 Å². The second-order valence-electron chi connectivity index (χ2n) is 5.70. The minimum Gasteiger partial charge on any atom is -0.445 e. The van der Waals surface area contributed by atoms with E-state index in [0.717, 1.165) is 31.4 Å². The molecule has 1 heterocycles. The van der Waals surface area contributed by atoms with Crippen LogP contribution in [-0.2, 0) is 11.3 Å². The fourth-order valence-electron chi connectivity index (χ4n) is 3.07. The molecule has 1 amide bonds. The first-order valence-corrected chi connectivity index (χ1v) is 8.01. The number of rotatable bonds is 6. The van der Waals surface area contributed by atoms with Crippen LogP contribution in [0.5, 0.6) is 0 Å². The van der Waals surface area contributed by atoms with E-state index in [1.807, 2.05) is 42.3 Å². The molecule has 1 aromatic carbocycles. The Balaban J connectivity index is 1.95. The summed E-state index contributed by atoms with van der Waals surface area (Å²) in [4.78, 5) is 14.2. The van der Waals surface area contributed by atoms with Crippen LogP contribution in [0.1, 0.15) is 31.2 Å². The predicted molar refractivity (Wildman–Crippen MR) is 85.5 cm³/mol. The number of nitrogens with one attached hydrogen (secondary N) is 1. The van der Waals surface area contributed by atoms with Crippen LogP contribution in [-0.4, -0.2) is 48.4 Å². The minimum atomic E-state index is -0.258. The molecule has 2 N–H and O–H groups in total. The average molecular weight is 306 g/mol. The van der Waals surface area contributed by atoms with Crippen molar-refractivity contribution in [3.8, 4) is 0 Å². The summed E-state index contributed by atoms with van der Waals surface area (Å²) in [5.41, 5.74) is 0.991. The van der Waals surface area contributed by atoms with Crippen LogP contribution in [0.25, 0.3) is 0 Å². The number of piperidine rings is 1. The lowest BCUT2D eigenvalue weighted by Crippen LogP contribution is -2.54. The summed E-state index contributed by atoms with van der Waals surface area (Å²) < 4.78 is 5.47. The number of carbonyl (C=O) groups excluding carboxylic acids is 1. The fourth-order valence-corrected chi connectivity index (χ4v) is 3.07. The molecule has 2 atom stereocenters. The fraction of sp³-hybridized carbons (Fsp3) is 0.588. The van der Waals surface area contributed by atoms with E-state index in [1.165, 1.54) is 0 Å². The number of likely N-dealkylation sites (N-methyl/N-ethyl adjacent to an activating group) is 1. The topological polar surface area (TPSA) is 61.8 Å². The number of aliphatic hydroxyl groups is 1. The number of carbonyl (C=O) groups is 1. The lowest BCUT2D eigenvalue weighted by atomic mass is 9.94. The highest BCUT2D eigenvalue weighted by molar-refractivity contribution is 5.68. The number of nitrogens with zero attached hydrogens (tertiary/aromatic N) is 1. The molecule has 1 aliphatic heterocycles. The van der Waals surface area contributed by atoms with Crippen molar-refractivity contribution in [3.05, 3.63) is 35.9 Å². The molecule has 22 heavy (non-hydrogen) atoms. The Kier molecular flexibility index (Phi) is 6.68. The SMILES string of the molecule is CN[C@H](CCO)[C@@H]1CCCCN1C(=O)OCc1ccccc1. The molecule has 0 unspecified atom stereocenters. The van der Waals surface area contributed by atoms with Crippen LogP contribution >= 0.6 is 0 Å². The molecule has 0 radical (unpaired) electrons. The van der Waals surface area contributed by atoms with Crippen LogP contribution in [0, 0.1) is 0 Å². The van der Waals surface area contributed by atoms with Gasteiger partial charge in [0, 0.05) is 19.2 Å². The number of amides is 1. The Hall–Kier alpha value is -1.59. The normalized spacial score (nSPS) is 19.7. The number of ether oxygens (including phenoxy) is 1. The Morgan fingerprint density at radius 1 is 1.41 bits per heavy atom. The van der Waals surface area contributed by atoms with E-state index < -0.39 is 0 Å². The zero-order chi connectivity index (χ0) is 15.8. The summed E-state index contributed by atoms with van der Waals surface area (Å²) in [5.74, 6) is 0. The molecule has 0 saturated carbocycles. The molecule has 0 spiro atoms. The lowest BCUT2D eigenvalue weighted by Gasteiger charge is -2.39. The van der Waals surface area contributed by atoms with Crippen molar-refractivity contribution in [2.45, 2.75) is 44.4 Å². The van der Waals surface area contributed by atoms with Crippen molar-refractivity contribution in [1.82, 2.24) is 10.2 Å². The first-order chi connectivity index (χ1) is 10.8. The maximum absolute atomic E-state index is 12.4. The molecule has 1 saturated heterocycles. The summed E-state index contributed by atoms with van der Waals surface area (Å²) in [6, 6.07) is 9.91. The highest BCUT2D eigenvalue weighted by Crippen LogP contribution is 2.22. The van der Waals surface area contributed by atoms with E-state index in [9.17, 15) is 9.90 Å². The summed E-state index contributed by atoms with van der Waals surface area (Å²) >= 11 is 0. The van der Waals surface area contributed by atoms with Gasteiger partial charge in [-0.2, -0.15) is 0 Å². The Bertz CT molecular complexity index is 452. The molecule has 122 valence electrons. The number of benzene rings is 1. The van der Waals surface area contributed by atoms with Gasteiger partial charge in [-0.1, -0.05) is 30.3 Å². The zero-order valence-corrected chi connectivity index (χ0v) is 13.2. The van der Waals surface area contributed by atoms with Gasteiger partial charge in [0.2, 0.25) is 0 Å². The third-order valence-electron chi connectivity index (χ3n) is 4.26. The zero-order valence-electron chi connectivity index (χ0n) is 13.2. The highest BCUT2D eigenvalue weighted by atomic mass is 16.6. The second kappa shape index (κ2) is 8.76. The predicted octanol–water partition coefficient (Wildman–Crippen LogP) is 2.15. The highest BCUT2D eigenvalue weighted by Gasteiger charge is 2.32. The largest absolute Gasteiger partial charge is 0.445 e. The van der Waals surface area contributed by atoms with E-state index in [4.69, 9.17) is 4.74 Å². The molecular weight excluding hydrogens is 280 g/mol. The number of hydrogen-bond acceptors (Lipinski definition) is 4. The third kappa shape index (κ3) is 4.45. The lowest BCUT2D eigenvalue weighted by molar-refractivity contribution is 0.0550. The van der Waals surface area contributed by atoms with Crippen LogP contribution < -0.4 is 5.32 Å². The van der Waals surface area contributed by atoms with Crippen LogP contribution in [0.2, 0.25) is 0 Å². The first kappa shape index (κ1) is 16.8. The maximum Gasteiger partial charge on any atom is 0.410 e. The molecule has 5 heteroatoms. The van der Waals surface area contributed by atoms with E-state index in [1.54, 1.807) is 0 Å². The summed E-state index contributed by atoms with van der Waals surface area (Å²) in [7, 11) is 1.88. The van der Waals surface area contributed by atoms with Gasteiger partial charge in [-0.05, 0) is 38.3 Å². The molecular formula is C17H26N2O3. The number of likely N-dealkylation sites (tertiary alicyclic amines) is 1. The molecule has 5 nitrogen and oxygen atoms in total. The van der Waals surface area contributed by atoms with Gasteiger partial charge in [0.25, 0.3) is 0 Å². The van der Waals surface area contributed by atoms with Gasteiger partial charge in [-0.15, -0.1) is 0 Å². The van der Waals surface area contributed by atoms with Gasteiger partial charge in [0.15, 0.2) is 0 Å². The van der Waals surface area contributed by atoms with Crippen LogP contribution in [0.3, 0.4) is 0 Å². The average Bonchev–Trinajstić information content (AvgIpc) is 2.58. The van der Waals surface area contributed by atoms with Crippen molar-refractivity contribution in [2.24, 2.45) is 0 Å².